The van der Waals surface area contributed by atoms with Crippen LogP contribution in [0.2, 0.25) is 0 Å². The average Bonchev–Trinajstić information content (AvgIpc) is 2.69. The fraction of sp³-hybridized carbons (Fsp3) is 0.318. The Labute approximate surface area is 187 Å². The first-order valence-corrected chi connectivity index (χ1v) is 11.4. The van der Waals surface area contributed by atoms with Crippen molar-refractivity contribution in [2.45, 2.75) is 24.7 Å². The maximum atomic E-state index is 14.5. The molecule has 0 fully saturated rings. The van der Waals surface area contributed by atoms with Crippen molar-refractivity contribution in [1.82, 2.24) is 9.62 Å². The largest absolute Gasteiger partial charge is 0.451 e. The normalized spacial score (nSPS) is 12.2. The highest BCUT2D eigenvalue weighted by molar-refractivity contribution is 7.89. The summed E-state index contributed by atoms with van der Waals surface area (Å²) < 4.78 is 61.3. The first kappa shape index (κ1) is 25.4. The minimum atomic E-state index is -3.70. The molecule has 0 saturated heterocycles. The second-order valence-electron chi connectivity index (χ2n) is 7.60. The summed E-state index contributed by atoms with van der Waals surface area (Å²) in [6.45, 7) is 2.58. The predicted octanol–water partition coefficient (Wildman–Crippen LogP) is 3.72. The van der Waals surface area contributed by atoms with Crippen LogP contribution in [0, 0.1) is 17.0 Å². The zero-order chi connectivity index (χ0) is 23.9. The fourth-order valence-corrected chi connectivity index (χ4v) is 3.76. The topological polar surface area (TPSA) is 109 Å². The van der Waals surface area contributed by atoms with Crippen molar-refractivity contribution < 1.29 is 21.9 Å². The Morgan fingerprint density at radius 1 is 1.16 bits per heavy atom. The van der Waals surface area contributed by atoms with Crippen LogP contribution in [0.15, 0.2) is 46.9 Å². The van der Waals surface area contributed by atoms with Crippen LogP contribution >= 0.6 is 0 Å². The molecule has 2 aromatic rings. The van der Waals surface area contributed by atoms with Crippen molar-refractivity contribution >= 4 is 21.9 Å². The van der Waals surface area contributed by atoms with Gasteiger partial charge in [-0.05, 0) is 69.4 Å². The van der Waals surface area contributed by atoms with Crippen LogP contribution in [-0.4, -0.2) is 46.3 Å². The van der Waals surface area contributed by atoms with E-state index >= 15 is 0 Å². The van der Waals surface area contributed by atoms with Crippen molar-refractivity contribution in [3.8, 4) is 11.5 Å². The number of sulfonamides is 1. The Morgan fingerprint density at radius 3 is 2.28 bits per heavy atom. The van der Waals surface area contributed by atoms with Crippen molar-refractivity contribution in [1.29, 1.82) is 5.41 Å². The van der Waals surface area contributed by atoms with E-state index in [4.69, 9.17) is 15.9 Å². The van der Waals surface area contributed by atoms with E-state index in [1.165, 1.54) is 24.3 Å². The van der Waals surface area contributed by atoms with Gasteiger partial charge >= 0.3 is 0 Å². The lowest BCUT2D eigenvalue weighted by molar-refractivity contribution is 0.407. The number of amidine groups is 1. The molecule has 0 radical (unpaired) electrons. The van der Waals surface area contributed by atoms with Crippen LogP contribution in [0.3, 0.4) is 0 Å². The Kier molecular flexibility index (Phi) is 8.88. The van der Waals surface area contributed by atoms with Crippen molar-refractivity contribution in [2.75, 3.05) is 27.2 Å². The molecule has 32 heavy (non-hydrogen) atoms. The molecule has 0 amide bonds. The molecular weight excluding hydrogens is 438 g/mol. The zero-order valence-electron chi connectivity index (χ0n) is 18.3. The number of nitrogens with two attached hydrogens (primary N) is 1. The first-order chi connectivity index (χ1) is 15.0. The molecule has 0 aliphatic rings. The zero-order valence-corrected chi connectivity index (χ0v) is 19.1. The monoisotopic (exact) mass is 466 g/mol. The summed E-state index contributed by atoms with van der Waals surface area (Å²) in [5.41, 5.74) is 6.46. The summed E-state index contributed by atoms with van der Waals surface area (Å²) in [5.74, 6) is -2.23. The van der Waals surface area contributed by atoms with Crippen LogP contribution in [0.1, 0.15) is 25.3 Å². The molecule has 4 N–H and O–H groups in total. The third-order valence-electron chi connectivity index (χ3n) is 4.43. The molecule has 0 saturated carbocycles. The van der Waals surface area contributed by atoms with E-state index in [9.17, 15) is 17.2 Å². The van der Waals surface area contributed by atoms with Gasteiger partial charge in [0.15, 0.2) is 17.4 Å². The SMILES string of the molecule is C/C(=C\c1cc(F)c(Oc2ccc(S(=O)(=O)NCCN(C)C)cc2)c(F)c1)CCC(=N)N. The standard InChI is InChI=1S/C22H28F2N4O3S/c1-15(4-9-21(25)26)12-16-13-19(23)22(20(24)14-16)31-17-5-7-18(8-6-17)32(29,30)27-10-11-28(2)3/h5-8,12-14,27H,4,9-11H2,1-3H3,(H3,25,26)/b15-12+. The minimum Gasteiger partial charge on any atom is -0.451 e. The number of halogens is 2. The number of allylic oxidation sites excluding steroid dienone is 1. The van der Waals surface area contributed by atoms with Gasteiger partial charge in [-0.3, -0.25) is 5.41 Å². The van der Waals surface area contributed by atoms with E-state index in [1.807, 2.05) is 19.0 Å². The second kappa shape index (κ2) is 11.2. The second-order valence-corrected chi connectivity index (χ2v) is 9.37. The average molecular weight is 467 g/mol. The van der Waals surface area contributed by atoms with Crippen LogP contribution in [0.4, 0.5) is 8.78 Å². The lowest BCUT2D eigenvalue weighted by atomic mass is 10.1. The highest BCUT2D eigenvalue weighted by Crippen LogP contribution is 2.30. The summed E-state index contributed by atoms with van der Waals surface area (Å²) in [4.78, 5) is 1.86. The molecule has 0 aromatic heterocycles. The molecule has 2 aromatic carbocycles. The number of nitrogens with zero attached hydrogens (tertiary/aromatic N) is 1. The summed E-state index contributed by atoms with van der Waals surface area (Å²) in [6, 6.07) is 7.56. The van der Waals surface area contributed by atoms with E-state index in [2.05, 4.69) is 4.72 Å². The van der Waals surface area contributed by atoms with Gasteiger partial charge in [0.05, 0.1) is 10.7 Å². The smallest absolute Gasteiger partial charge is 0.240 e. The lowest BCUT2D eigenvalue weighted by Gasteiger charge is -2.12. The lowest BCUT2D eigenvalue weighted by Crippen LogP contribution is -2.31. The number of hydrogen-bond acceptors (Lipinski definition) is 5. The van der Waals surface area contributed by atoms with Gasteiger partial charge in [-0.25, -0.2) is 21.9 Å². The summed E-state index contributed by atoms with van der Waals surface area (Å²) in [7, 11) is -0.0360. The summed E-state index contributed by atoms with van der Waals surface area (Å²) in [6.07, 6.45) is 2.49. The van der Waals surface area contributed by atoms with Gasteiger partial charge in [0, 0.05) is 19.5 Å². The molecule has 7 nitrogen and oxygen atoms in total. The molecule has 0 bridgehead atoms. The van der Waals surface area contributed by atoms with Crippen molar-refractivity contribution in [2.24, 2.45) is 5.73 Å². The molecule has 0 heterocycles. The molecule has 0 aliphatic carbocycles. The Balaban J connectivity index is 2.12. The van der Waals surface area contributed by atoms with E-state index in [-0.39, 0.29) is 23.0 Å². The Bertz CT molecular complexity index is 1060. The first-order valence-electron chi connectivity index (χ1n) is 9.89. The van der Waals surface area contributed by atoms with Crippen LogP contribution < -0.4 is 15.2 Å². The summed E-state index contributed by atoms with van der Waals surface area (Å²) >= 11 is 0. The fourth-order valence-electron chi connectivity index (χ4n) is 2.74. The molecule has 0 unspecified atom stereocenters. The maximum absolute atomic E-state index is 14.5. The Morgan fingerprint density at radius 2 is 1.75 bits per heavy atom. The van der Waals surface area contributed by atoms with Gasteiger partial charge < -0.3 is 15.4 Å². The number of hydrogen-bond donors (Lipinski definition) is 3. The van der Waals surface area contributed by atoms with Gasteiger partial charge in [-0.1, -0.05) is 11.6 Å². The highest BCUT2D eigenvalue weighted by Gasteiger charge is 2.16. The van der Waals surface area contributed by atoms with Gasteiger partial charge in [-0.15, -0.1) is 0 Å². The van der Waals surface area contributed by atoms with Gasteiger partial charge in [0.1, 0.15) is 5.75 Å². The van der Waals surface area contributed by atoms with E-state index in [0.717, 1.165) is 17.7 Å². The van der Waals surface area contributed by atoms with E-state index in [1.54, 1.807) is 13.0 Å². The summed E-state index contributed by atoms with van der Waals surface area (Å²) in [5, 5.41) is 7.24. The third-order valence-corrected chi connectivity index (χ3v) is 5.90. The highest BCUT2D eigenvalue weighted by atomic mass is 32.2. The molecule has 0 atom stereocenters. The van der Waals surface area contributed by atoms with Gasteiger partial charge in [0.25, 0.3) is 0 Å². The number of nitrogens with one attached hydrogen (secondary N) is 2. The molecule has 2 rings (SSSR count). The molecule has 10 heteroatoms. The number of benzene rings is 2. The predicted molar refractivity (Wildman–Crippen MR) is 121 cm³/mol. The number of ether oxygens (including phenoxy) is 1. The molecular formula is C22H28F2N4O3S. The van der Waals surface area contributed by atoms with Crippen LogP contribution in [0.5, 0.6) is 11.5 Å². The third kappa shape index (κ3) is 7.70. The van der Waals surface area contributed by atoms with Crippen LogP contribution in [0.25, 0.3) is 6.08 Å². The molecule has 0 aliphatic heterocycles. The minimum absolute atomic E-state index is 0.0195. The van der Waals surface area contributed by atoms with Crippen LogP contribution in [-0.2, 0) is 10.0 Å². The molecule has 0 spiro atoms. The van der Waals surface area contributed by atoms with Crippen molar-refractivity contribution in [3.05, 3.63) is 59.2 Å². The number of rotatable bonds is 11. The maximum Gasteiger partial charge on any atom is 0.240 e. The molecule has 174 valence electrons. The Hall–Kier alpha value is -2.82. The van der Waals surface area contributed by atoms with E-state index < -0.39 is 27.4 Å². The van der Waals surface area contributed by atoms with Gasteiger partial charge in [0.2, 0.25) is 10.0 Å². The van der Waals surface area contributed by atoms with E-state index in [0.29, 0.717) is 24.9 Å². The van der Waals surface area contributed by atoms with Crippen molar-refractivity contribution in [3.63, 3.8) is 0 Å². The quantitative estimate of drug-likeness (QED) is 0.346. The number of likely N-dealkylation sites (N-methyl/N-ethyl adjacent to an activating group) is 1. The van der Waals surface area contributed by atoms with Gasteiger partial charge in [-0.2, -0.15) is 0 Å².